The lowest BCUT2D eigenvalue weighted by atomic mass is 9.88. The number of nitrogens with zero attached hydrogens (tertiary/aromatic N) is 4. The molecule has 0 saturated carbocycles. The molecule has 9 rings (SSSR count). The number of benzene rings is 3. The van der Waals surface area contributed by atoms with E-state index < -0.39 is 11.6 Å². The third kappa shape index (κ3) is 11.7. The maximum absolute atomic E-state index is 14.2. The van der Waals surface area contributed by atoms with Crippen LogP contribution in [-0.4, -0.2) is 116 Å². The zero-order valence-electron chi connectivity index (χ0n) is 44.5. The van der Waals surface area contributed by atoms with Gasteiger partial charge in [-0.25, -0.2) is 0 Å². The number of aliphatic imine (C=N–C) groups is 1. The molecule has 14 nitrogen and oxygen atoms in total. The average molecular weight is 1020 g/mol. The second kappa shape index (κ2) is 23.0. The van der Waals surface area contributed by atoms with Gasteiger partial charge in [0.25, 0.3) is 11.8 Å². The van der Waals surface area contributed by atoms with E-state index in [1.807, 2.05) is 93.7 Å². The Hall–Kier alpha value is -6.83. The molecule has 5 aliphatic heterocycles. The smallest absolute Gasteiger partial charge is 0.260 e. The molecule has 6 aliphatic rings. The van der Waals surface area contributed by atoms with E-state index >= 15 is 0 Å². The number of nitrogens with one attached hydrogen (secondary N) is 1. The van der Waals surface area contributed by atoms with Gasteiger partial charge in [0.15, 0.2) is 11.5 Å². The summed E-state index contributed by atoms with van der Waals surface area (Å²) in [6.45, 7) is 10.6. The van der Waals surface area contributed by atoms with Crippen LogP contribution >= 0.6 is 0 Å². The first kappa shape index (κ1) is 53.0. The Balaban J connectivity index is 0.774. The number of fused-ring (bicyclic) bond motifs is 3. The number of amides is 3. The summed E-state index contributed by atoms with van der Waals surface area (Å²) in [7, 11) is 5.34. The topological polar surface area (TPSA) is 165 Å². The van der Waals surface area contributed by atoms with Crippen LogP contribution in [0.1, 0.15) is 124 Å². The summed E-state index contributed by atoms with van der Waals surface area (Å²) in [6, 6.07) is 19.3. The molecule has 0 aromatic heterocycles. The minimum absolute atomic E-state index is 0.0326. The van der Waals surface area contributed by atoms with E-state index in [9.17, 15) is 19.2 Å². The molecule has 3 N–H and O–H groups in total. The quantitative estimate of drug-likeness (QED) is 0.0873. The van der Waals surface area contributed by atoms with Crippen LogP contribution in [0.3, 0.4) is 0 Å². The standard InChI is InChI=1S/C61H72N6O8/c1-38(2)57(62)53(68)14-8-11-39(3)58(69)64-47-21-19-42(20-22-47)46-30-49-35-63-52-34-61(4,56(73-7)33-51(52)60(71)67(49)37-46)75-28-10-27-74-55-31-44-12-9-13-48-29-45(36-66(48)59(70)50(44)32-54(55)72-6)41-17-15-40(16-18-41)43-23-25-65(5)26-24-43/h12-13,15-22,31-33,35-39,43,48-49,57H,8,10-11,14,23-30,34,62H2,1-7H3,(H,64,69)/t9?,39-,48-,49?,57+,61?/m1/s1. The van der Waals surface area contributed by atoms with Crippen LogP contribution in [0.5, 0.6) is 11.5 Å². The fourth-order valence-electron chi connectivity index (χ4n) is 10.9. The number of nitrogens with two attached hydrogens (primary N) is 1. The number of likely N-dealkylation sites (tertiary alicyclic amines) is 1. The summed E-state index contributed by atoms with van der Waals surface area (Å²) in [5, 5.41) is 3.00. The predicted molar refractivity (Wildman–Crippen MR) is 293 cm³/mol. The third-order valence-corrected chi connectivity index (χ3v) is 15.7. The van der Waals surface area contributed by atoms with Gasteiger partial charge < -0.3 is 44.7 Å². The monoisotopic (exact) mass is 1020 g/mol. The first-order valence-electron chi connectivity index (χ1n) is 26.6. The number of hydrogen-bond acceptors (Lipinski definition) is 11. The Morgan fingerprint density at radius 3 is 2.23 bits per heavy atom. The molecule has 5 heterocycles. The SMILES string of the molecule is COC1=CC2=C(CC1(C)OCCCOc1cc3c(cc1OC)C(=O)N1C=C(c4ccc(C5CCN(C)CC5)cc4)C[C@H]1C=C=C3)N=CC1CC(c3ccc(NC(=O)[C@H](C)CCCC(=O)[C@@H](N)C(C)C)cc3)=CN1C2=O. The number of methoxy groups -OCH3 is 2. The second-order valence-electron chi connectivity index (χ2n) is 21.4. The van der Waals surface area contributed by atoms with Crippen molar-refractivity contribution in [3.8, 4) is 11.5 Å². The Morgan fingerprint density at radius 1 is 0.867 bits per heavy atom. The number of ketones is 1. The van der Waals surface area contributed by atoms with Crippen molar-refractivity contribution < 1.29 is 38.1 Å². The van der Waals surface area contributed by atoms with E-state index in [1.165, 1.54) is 18.4 Å². The minimum atomic E-state index is -0.883. The van der Waals surface area contributed by atoms with Crippen LogP contribution < -0.4 is 20.5 Å². The summed E-state index contributed by atoms with van der Waals surface area (Å²) >= 11 is 0. The first-order valence-corrected chi connectivity index (χ1v) is 26.6. The van der Waals surface area contributed by atoms with Crippen LogP contribution in [0.25, 0.3) is 17.2 Å². The molecule has 0 bridgehead atoms. The lowest BCUT2D eigenvalue weighted by Crippen LogP contribution is -2.38. The zero-order valence-corrected chi connectivity index (χ0v) is 44.5. The summed E-state index contributed by atoms with van der Waals surface area (Å²) in [6.07, 6.45) is 17.4. The summed E-state index contributed by atoms with van der Waals surface area (Å²) in [5.74, 6) is 1.57. The Kier molecular flexibility index (Phi) is 16.2. The van der Waals surface area contributed by atoms with Gasteiger partial charge in [0.05, 0.1) is 62.4 Å². The van der Waals surface area contributed by atoms with E-state index in [-0.39, 0.29) is 47.4 Å². The van der Waals surface area contributed by atoms with E-state index in [0.717, 1.165) is 35.4 Å². The number of anilines is 1. The fourth-order valence-corrected chi connectivity index (χ4v) is 10.9. The average Bonchev–Trinajstić information content (AvgIpc) is 4.02. The molecule has 0 radical (unpaired) electrons. The number of Topliss-reactive ketones (excluding diaryl/α,β-unsaturated/α-hetero) is 1. The molecule has 3 amide bonds. The molecule has 1 saturated heterocycles. The van der Waals surface area contributed by atoms with E-state index in [4.69, 9.17) is 29.7 Å². The van der Waals surface area contributed by atoms with Gasteiger partial charge in [-0.15, -0.1) is 5.73 Å². The lowest BCUT2D eigenvalue weighted by molar-refractivity contribution is -0.125. The second-order valence-corrected chi connectivity index (χ2v) is 21.4. The Morgan fingerprint density at radius 2 is 1.55 bits per heavy atom. The Bertz CT molecular complexity index is 2900. The van der Waals surface area contributed by atoms with E-state index in [2.05, 4.69) is 47.3 Å². The van der Waals surface area contributed by atoms with Crippen LogP contribution in [0.4, 0.5) is 5.69 Å². The van der Waals surface area contributed by atoms with Gasteiger partial charge in [0, 0.05) is 55.9 Å². The largest absolute Gasteiger partial charge is 0.498 e. The van der Waals surface area contributed by atoms with Gasteiger partial charge in [-0.3, -0.25) is 24.2 Å². The highest BCUT2D eigenvalue weighted by atomic mass is 16.5. The van der Waals surface area contributed by atoms with Crippen LogP contribution in [0, 0.1) is 11.8 Å². The van der Waals surface area contributed by atoms with Crippen LogP contribution in [0.2, 0.25) is 0 Å². The molecule has 1 fully saturated rings. The molecule has 394 valence electrons. The van der Waals surface area contributed by atoms with Crippen molar-refractivity contribution in [2.45, 2.75) is 115 Å². The molecule has 0 spiro atoms. The number of piperidine rings is 1. The number of carbonyl (C=O) groups is 4. The molecule has 3 aromatic rings. The maximum atomic E-state index is 14.2. The van der Waals surface area contributed by atoms with Gasteiger partial charge in [-0.2, -0.15) is 0 Å². The normalized spacial score (nSPS) is 22.3. The minimum Gasteiger partial charge on any atom is -0.498 e. The van der Waals surface area contributed by atoms with Crippen molar-refractivity contribution in [1.29, 1.82) is 0 Å². The Labute approximate surface area is 441 Å². The van der Waals surface area contributed by atoms with Gasteiger partial charge in [0.1, 0.15) is 17.1 Å². The van der Waals surface area contributed by atoms with Gasteiger partial charge in [-0.1, -0.05) is 57.2 Å². The zero-order chi connectivity index (χ0) is 53.0. The summed E-state index contributed by atoms with van der Waals surface area (Å²) < 4.78 is 24.5. The van der Waals surface area contributed by atoms with Crippen molar-refractivity contribution in [3.05, 3.63) is 136 Å². The molecule has 1 aliphatic carbocycles. The first-order chi connectivity index (χ1) is 36.1. The molecular weight excluding hydrogens is 945 g/mol. The highest BCUT2D eigenvalue weighted by Crippen LogP contribution is 2.42. The molecule has 5 atom stereocenters. The van der Waals surface area contributed by atoms with Crippen molar-refractivity contribution in [3.63, 3.8) is 0 Å². The molecule has 75 heavy (non-hydrogen) atoms. The molecule has 2 unspecified atom stereocenters. The van der Waals surface area contributed by atoms with Crippen molar-refractivity contribution in [2.75, 3.05) is 52.9 Å². The molecule has 3 aromatic carbocycles. The van der Waals surface area contributed by atoms with Crippen LogP contribution in [0.15, 0.2) is 113 Å². The summed E-state index contributed by atoms with van der Waals surface area (Å²) in [5.41, 5.74) is 17.0. The van der Waals surface area contributed by atoms with Crippen molar-refractivity contribution >= 4 is 52.6 Å². The number of rotatable bonds is 19. The van der Waals surface area contributed by atoms with Crippen molar-refractivity contribution in [2.24, 2.45) is 22.6 Å². The van der Waals surface area contributed by atoms with Crippen LogP contribution in [-0.2, 0) is 23.9 Å². The maximum Gasteiger partial charge on any atom is 0.260 e. The number of carbonyl (C=O) groups excluding carboxylic acids is 4. The van der Waals surface area contributed by atoms with E-state index in [0.29, 0.717) is 109 Å². The van der Waals surface area contributed by atoms with E-state index in [1.54, 1.807) is 31.3 Å². The highest BCUT2D eigenvalue weighted by molar-refractivity contribution is 6.03. The predicted octanol–water partition coefficient (Wildman–Crippen LogP) is 9.70. The number of ether oxygens (including phenoxy) is 4. The molecule has 14 heteroatoms. The number of hydrogen-bond donors (Lipinski definition) is 2. The van der Waals surface area contributed by atoms with Gasteiger partial charge in [0.2, 0.25) is 5.91 Å². The van der Waals surface area contributed by atoms with Gasteiger partial charge >= 0.3 is 0 Å². The van der Waals surface area contributed by atoms with Crippen molar-refractivity contribution in [1.82, 2.24) is 14.7 Å². The lowest BCUT2D eigenvalue weighted by Gasteiger charge is -2.35. The highest BCUT2D eigenvalue weighted by Gasteiger charge is 2.42. The molecular formula is C61H72N6O8. The fraction of sp³-hybridized carbons (Fsp3) is 0.443. The summed E-state index contributed by atoms with van der Waals surface area (Å²) in [4.78, 5) is 64.5. The van der Waals surface area contributed by atoms with Gasteiger partial charge in [-0.05, 0) is 147 Å². The third-order valence-electron chi connectivity index (χ3n) is 15.7.